The Morgan fingerprint density at radius 1 is 0.500 bits per heavy atom. The van der Waals surface area contributed by atoms with E-state index in [0.717, 1.165) is 47.0 Å². The maximum Gasteiger partial charge on any atom is 0.107 e. The summed E-state index contributed by atoms with van der Waals surface area (Å²) >= 11 is 0. The number of imidazole rings is 2. The van der Waals surface area contributed by atoms with Crippen LogP contribution in [-0.2, 0) is 12.8 Å². The van der Waals surface area contributed by atoms with E-state index in [0.29, 0.717) is 0 Å². The molecule has 0 spiro atoms. The molecule has 4 aromatic rings. The van der Waals surface area contributed by atoms with Gasteiger partial charge in [-0.2, -0.15) is 0 Å². The second-order valence-electron chi connectivity index (χ2n) is 11.1. The van der Waals surface area contributed by atoms with Gasteiger partial charge in [0.25, 0.3) is 0 Å². The first kappa shape index (κ1) is 29.1. The molecule has 0 radical (unpaired) electrons. The van der Waals surface area contributed by atoms with Gasteiger partial charge in [0.15, 0.2) is 0 Å². The van der Waals surface area contributed by atoms with Gasteiger partial charge in [-0.1, -0.05) is 118 Å². The van der Waals surface area contributed by atoms with Crippen molar-refractivity contribution in [3.8, 4) is 33.6 Å². The summed E-state index contributed by atoms with van der Waals surface area (Å²) < 4.78 is 0. The molecule has 4 nitrogen and oxygen atoms in total. The number of aromatic amines is 2. The van der Waals surface area contributed by atoms with Crippen molar-refractivity contribution in [3.63, 3.8) is 0 Å². The molecule has 2 heterocycles. The third-order valence-electron chi connectivity index (χ3n) is 5.38. The number of hydrogen-bond donors (Lipinski definition) is 2. The molecule has 0 aliphatic rings. The molecule has 0 fully saturated rings. The summed E-state index contributed by atoms with van der Waals surface area (Å²) in [5.74, 6) is 2.08. The molecule has 0 aliphatic carbocycles. The minimum absolute atomic E-state index is 0.218. The predicted molar refractivity (Wildman–Crippen MR) is 156 cm³/mol. The number of nitrogens with zero attached hydrogens (tertiary/aromatic N) is 2. The summed E-state index contributed by atoms with van der Waals surface area (Å²) in [7, 11) is 0. The van der Waals surface area contributed by atoms with Gasteiger partial charge in [-0.15, -0.1) is 0 Å². The average Bonchev–Trinajstić information content (AvgIpc) is 3.49. The SMILES string of the molecule is CC.CC.CC(C)(C)Cc1ncc(-c2ccc(-c3ccc(-c4cnc(CC(C)(C)C)[nH]4)cc3)cc2)[nH]1. The van der Waals surface area contributed by atoms with Crippen molar-refractivity contribution in [2.45, 2.75) is 82.1 Å². The van der Waals surface area contributed by atoms with Gasteiger partial charge in [0.1, 0.15) is 11.6 Å². The zero-order chi connectivity index (χ0) is 26.9. The zero-order valence-electron chi connectivity index (χ0n) is 24.1. The van der Waals surface area contributed by atoms with Crippen molar-refractivity contribution in [1.29, 1.82) is 0 Å². The molecule has 0 saturated heterocycles. The Labute approximate surface area is 219 Å². The average molecular weight is 487 g/mol. The Balaban J connectivity index is 0.00000109. The minimum atomic E-state index is 0.218. The second-order valence-corrected chi connectivity index (χ2v) is 11.1. The highest BCUT2D eigenvalue weighted by Crippen LogP contribution is 2.28. The molecule has 0 unspecified atom stereocenters. The first-order chi connectivity index (χ1) is 17.1. The molecule has 2 aromatic heterocycles. The maximum atomic E-state index is 4.55. The first-order valence-corrected chi connectivity index (χ1v) is 13.3. The lowest BCUT2D eigenvalue weighted by Crippen LogP contribution is -2.10. The topological polar surface area (TPSA) is 57.4 Å². The molecular weight excluding hydrogens is 440 g/mol. The number of rotatable bonds is 5. The number of benzene rings is 2. The van der Waals surface area contributed by atoms with E-state index in [1.165, 1.54) is 11.1 Å². The van der Waals surface area contributed by atoms with Crippen LogP contribution in [-0.4, -0.2) is 19.9 Å². The van der Waals surface area contributed by atoms with Crippen LogP contribution in [0.15, 0.2) is 60.9 Å². The highest BCUT2D eigenvalue weighted by atomic mass is 14.9. The van der Waals surface area contributed by atoms with Crippen molar-refractivity contribution in [1.82, 2.24) is 19.9 Å². The molecule has 0 bridgehead atoms. The van der Waals surface area contributed by atoms with E-state index in [9.17, 15) is 0 Å². The summed E-state index contributed by atoms with van der Waals surface area (Å²) in [5.41, 5.74) is 7.28. The first-order valence-electron chi connectivity index (χ1n) is 13.3. The molecular formula is C32H46N4. The van der Waals surface area contributed by atoms with Crippen LogP contribution in [0.25, 0.3) is 33.6 Å². The van der Waals surface area contributed by atoms with Crippen LogP contribution in [0, 0.1) is 10.8 Å². The van der Waals surface area contributed by atoms with Crippen LogP contribution in [0.1, 0.15) is 80.9 Å². The smallest absolute Gasteiger partial charge is 0.107 e. The third kappa shape index (κ3) is 8.51. The Kier molecular flexibility index (Phi) is 10.3. The monoisotopic (exact) mass is 486 g/mol. The van der Waals surface area contributed by atoms with Gasteiger partial charge < -0.3 is 9.97 Å². The van der Waals surface area contributed by atoms with Crippen molar-refractivity contribution in [2.75, 3.05) is 0 Å². The maximum absolute atomic E-state index is 4.55. The van der Waals surface area contributed by atoms with E-state index in [2.05, 4.69) is 110 Å². The highest BCUT2D eigenvalue weighted by Gasteiger charge is 2.15. The van der Waals surface area contributed by atoms with Crippen LogP contribution in [0.4, 0.5) is 0 Å². The number of hydrogen-bond acceptors (Lipinski definition) is 2. The van der Waals surface area contributed by atoms with Crippen LogP contribution >= 0.6 is 0 Å². The summed E-state index contributed by atoms with van der Waals surface area (Å²) in [4.78, 5) is 16.0. The lowest BCUT2D eigenvalue weighted by atomic mass is 9.92. The Morgan fingerprint density at radius 3 is 1.06 bits per heavy atom. The zero-order valence-corrected chi connectivity index (χ0v) is 24.1. The number of H-pyrrole nitrogens is 2. The van der Waals surface area contributed by atoms with Crippen molar-refractivity contribution < 1.29 is 0 Å². The summed E-state index contributed by atoms with van der Waals surface area (Å²) in [5, 5.41) is 0. The van der Waals surface area contributed by atoms with Gasteiger partial charge in [0.05, 0.1) is 23.8 Å². The fourth-order valence-corrected chi connectivity index (χ4v) is 3.89. The molecule has 36 heavy (non-hydrogen) atoms. The molecule has 4 heteroatoms. The molecule has 2 N–H and O–H groups in total. The predicted octanol–water partition coefficient (Wildman–Crippen LogP) is 9.36. The van der Waals surface area contributed by atoms with E-state index in [1.54, 1.807) is 0 Å². The van der Waals surface area contributed by atoms with Crippen LogP contribution < -0.4 is 0 Å². The van der Waals surface area contributed by atoms with E-state index in [-0.39, 0.29) is 10.8 Å². The standard InChI is InChI=1S/C28H34N4.2C2H6/c1-27(2,3)15-25-29-17-23(31-25)21-11-7-19(8-12-21)20-9-13-22(14-10-20)24-18-30-26(32-24)16-28(4,5)6;2*1-2/h7-14,17-18H,15-16H2,1-6H3,(H,29,31)(H,30,32);2*1-2H3. The number of nitrogens with one attached hydrogen (secondary N) is 2. The third-order valence-corrected chi connectivity index (χ3v) is 5.38. The van der Waals surface area contributed by atoms with E-state index >= 15 is 0 Å². The van der Waals surface area contributed by atoms with Gasteiger partial charge in [0.2, 0.25) is 0 Å². The van der Waals surface area contributed by atoms with E-state index < -0.39 is 0 Å². The Hall–Kier alpha value is -3.14. The highest BCUT2D eigenvalue weighted by molar-refractivity contribution is 5.71. The fourth-order valence-electron chi connectivity index (χ4n) is 3.89. The summed E-state index contributed by atoms with van der Waals surface area (Å²) in [6, 6.07) is 17.3. The number of aromatic nitrogens is 4. The van der Waals surface area contributed by atoms with Crippen LogP contribution in [0.5, 0.6) is 0 Å². The van der Waals surface area contributed by atoms with Crippen molar-refractivity contribution in [3.05, 3.63) is 72.6 Å². The van der Waals surface area contributed by atoms with Gasteiger partial charge in [-0.25, -0.2) is 9.97 Å². The molecule has 0 amide bonds. The molecule has 0 atom stereocenters. The minimum Gasteiger partial charge on any atom is -0.342 e. The van der Waals surface area contributed by atoms with Crippen molar-refractivity contribution in [2.24, 2.45) is 10.8 Å². The van der Waals surface area contributed by atoms with E-state index in [1.807, 2.05) is 40.1 Å². The molecule has 2 aromatic carbocycles. The fraction of sp³-hybridized carbons (Fsp3) is 0.438. The van der Waals surface area contributed by atoms with Gasteiger partial charge in [0, 0.05) is 12.8 Å². The van der Waals surface area contributed by atoms with E-state index in [4.69, 9.17) is 0 Å². The summed E-state index contributed by atoms with van der Waals surface area (Å²) in [6.07, 6.45) is 5.74. The van der Waals surface area contributed by atoms with Crippen LogP contribution in [0.2, 0.25) is 0 Å². The quantitative estimate of drug-likeness (QED) is 0.295. The molecule has 194 valence electrons. The lowest BCUT2D eigenvalue weighted by molar-refractivity contribution is 0.402. The van der Waals surface area contributed by atoms with Crippen molar-refractivity contribution >= 4 is 0 Å². The Bertz CT molecular complexity index is 1070. The summed E-state index contributed by atoms with van der Waals surface area (Å²) in [6.45, 7) is 21.4. The van der Waals surface area contributed by atoms with Gasteiger partial charge in [-0.3, -0.25) is 0 Å². The van der Waals surface area contributed by atoms with Crippen LogP contribution in [0.3, 0.4) is 0 Å². The van der Waals surface area contributed by atoms with Gasteiger partial charge >= 0.3 is 0 Å². The molecule has 4 rings (SSSR count). The Morgan fingerprint density at radius 2 is 0.778 bits per heavy atom. The molecule has 0 saturated carbocycles. The normalized spacial score (nSPS) is 11.3. The largest absolute Gasteiger partial charge is 0.342 e. The van der Waals surface area contributed by atoms with Gasteiger partial charge in [-0.05, 0) is 33.1 Å². The molecule has 0 aliphatic heterocycles. The second kappa shape index (κ2) is 12.7. The lowest BCUT2D eigenvalue weighted by Gasteiger charge is -2.15.